The van der Waals surface area contributed by atoms with Crippen molar-refractivity contribution in [3.05, 3.63) is 28.2 Å². The highest BCUT2D eigenvalue weighted by molar-refractivity contribution is 6.42. The Morgan fingerprint density at radius 2 is 1.83 bits per heavy atom. The summed E-state index contributed by atoms with van der Waals surface area (Å²) in [6.45, 7) is 0. The molecule has 0 saturated heterocycles. The third-order valence-corrected chi connectivity index (χ3v) is 4.16. The molecule has 0 aromatic heterocycles. The van der Waals surface area contributed by atoms with Crippen molar-refractivity contribution >= 4 is 34.9 Å². The Labute approximate surface area is 116 Å². The number of aliphatic carboxylic acids is 1. The summed E-state index contributed by atoms with van der Waals surface area (Å²) in [5.41, 5.74) is -0.163. The van der Waals surface area contributed by atoms with Gasteiger partial charge in [0.15, 0.2) is 0 Å². The summed E-state index contributed by atoms with van der Waals surface area (Å²) in [6.07, 6.45) is 4.24. The molecular weight excluding hydrogens is 273 g/mol. The number of hydrogen-bond acceptors (Lipinski definition) is 2. The molecule has 0 heterocycles. The molecule has 18 heavy (non-hydrogen) atoms. The van der Waals surface area contributed by atoms with Crippen LogP contribution in [-0.4, -0.2) is 16.6 Å². The largest absolute Gasteiger partial charge is 0.480 e. The molecule has 0 bridgehead atoms. The van der Waals surface area contributed by atoms with Gasteiger partial charge in [0.05, 0.1) is 10.0 Å². The average Bonchev–Trinajstić information content (AvgIpc) is 2.35. The van der Waals surface area contributed by atoms with Gasteiger partial charge in [0, 0.05) is 5.69 Å². The molecule has 0 spiro atoms. The summed E-state index contributed by atoms with van der Waals surface area (Å²) >= 11 is 11.8. The lowest BCUT2D eigenvalue weighted by Crippen LogP contribution is -2.47. The normalized spacial score (nSPS) is 18.3. The Kier molecular flexibility index (Phi) is 4.03. The first-order valence-corrected chi connectivity index (χ1v) is 6.76. The van der Waals surface area contributed by atoms with Gasteiger partial charge in [-0.2, -0.15) is 0 Å². The van der Waals surface area contributed by atoms with E-state index in [1.165, 1.54) is 0 Å². The van der Waals surface area contributed by atoms with Crippen LogP contribution in [0.2, 0.25) is 10.0 Å². The first kappa shape index (κ1) is 13.5. The predicted octanol–water partition coefficient (Wildman–Crippen LogP) is 4.19. The minimum absolute atomic E-state index is 0.429. The number of benzene rings is 1. The highest BCUT2D eigenvalue weighted by Crippen LogP contribution is 2.33. The van der Waals surface area contributed by atoms with Crippen molar-refractivity contribution in [2.45, 2.75) is 37.6 Å². The zero-order valence-electron chi connectivity index (χ0n) is 9.88. The molecule has 1 saturated carbocycles. The van der Waals surface area contributed by atoms with Crippen LogP contribution in [0.5, 0.6) is 0 Å². The van der Waals surface area contributed by atoms with E-state index in [1.807, 2.05) is 0 Å². The first-order valence-electron chi connectivity index (χ1n) is 6.00. The predicted molar refractivity (Wildman–Crippen MR) is 73.5 cm³/mol. The lowest BCUT2D eigenvalue weighted by Gasteiger charge is -2.35. The number of carboxylic acid groups (broad SMARTS) is 1. The highest BCUT2D eigenvalue weighted by atomic mass is 35.5. The fourth-order valence-corrected chi connectivity index (χ4v) is 2.70. The molecule has 0 amide bonds. The minimum atomic E-state index is -0.866. The molecule has 2 rings (SSSR count). The Hall–Kier alpha value is -0.930. The van der Waals surface area contributed by atoms with Crippen molar-refractivity contribution in [3.8, 4) is 0 Å². The first-order chi connectivity index (χ1) is 8.53. The number of rotatable bonds is 3. The van der Waals surface area contributed by atoms with Gasteiger partial charge in [0.25, 0.3) is 0 Å². The lowest BCUT2D eigenvalue weighted by atomic mass is 9.81. The summed E-state index contributed by atoms with van der Waals surface area (Å²) in [5.74, 6) is -0.798. The molecule has 2 N–H and O–H groups in total. The Balaban J connectivity index is 2.23. The van der Waals surface area contributed by atoms with Gasteiger partial charge in [-0.05, 0) is 31.0 Å². The van der Waals surface area contributed by atoms with Gasteiger partial charge in [-0.15, -0.1) is 0 Å². The molecule has 1 aliphatic carbocycles. The van der Waals surface area contributed by atoms with Gasteiger partial charge in [0.1, 0.15) is 5.54 Å². The van der Waals surface area contributed by atoms with Crippen LogP contribution in [0.1, 0.15) is 32.1 Å². The Morgan fingerprint density at radius 3 is 2.39 bits per heavy atom. The molecule has 0 atom stereocenters. The van der Waals surface area contributed by atoms with Crippen LogP contribution in [0, 0.1) is 0 Å². The maximum Gasteiger partial charge on any atom is 0.329 e. The summed E-state index contributed by atoms with van der Waals surface area (Å²) in [6, 6.07) is 5.10. The number of hydrogen-bond donors (Lipinski definition) is 2. The SMILES string of the molecule is O=C(O)C1(Nc2ccc(Cl)c(Cl)c2)CCCCC1. The zero-order valence-corrected chi connectivity index (χ0v) is 11.4. The molecule has 98 valence electrons. The van der Waals surface area contributed by atoms with Gasteiger partial charge in [-0.3, -0.25) is 0 Å². The monoisotopic (exact) mass is 287 g/mol. The second-order valence-electron chi connectivity index (χ2n) is 4.70. The van der Waals surface area contributed by atoms with E-state index in [0.717, 1.165) is 19.3 Å². The summed E-state index contributed by atoms with van der Waals surface area (Å²) in [7, 11) is 0. The van der Waals surface area contributed by atoms with Gasteiger partial charge >= 0.3 is 5.97 Å². The maximum absolute atomic E-state index is 11.5. The van der Waals surface area contributed by atoms with Crippen LogP contribution in [0.15, 0.2) is 18.2 Å². The topological polar surface area (TPSA) is 49.3 Å². The van der Waals surface area contributed by atoms with E-state index >= 15 is 0 Å². The van der Waals surface area contributed by atoms with E-state index < -0.39 is 11.5 Å². The van der Waals surface area contributed by atoms with E-state index in [2.05, 4.69) is 5.32 Å². The van der Waals surface area contributed by atoms with Crippen LogP contribution < -0.4 is 5.32 Å². The van der Waals surface area contributed by atoms with Crippen molar-refractivity contribution < 1.29 is 9.90 Å². The molecule has 1 aromatic carbocycles. The molecule has 0 unspecified atom stereocenters. The number of halogens is 2. The van der Waals surface area contributed by atoms with E-state index in [1.54, 1.807) is 18.2 Å². The van der Waals surface area contributed by atoms with E-state index in [0.29, 0.717) is 28.6 Å². The standard InChI is InChI=1S/C13H15Cl2NO2/c14-10-5-4-9(8-11(10)15)16-13(12(17)18)6-2-1-3-7-13/h4-5,8,16H,1-3,6-7H2,(H,17,18). The van der Waals surface area contributed by atoms with Crippen molar-refractivity contribution in [2.24, 2.45) is 0 Å². The molecule has 5 heteroatoms. The van der Waals surface area contributed by atoms with Gasteiger partial charge in [-0.1, -0.05) is 42.5 Å². The highest BCUT2D eigenvalue weighted by Gasteiger charge is 2.39. The number of carboxylic acids is 1. The second-order valence-corrected chi connectivity index (χ2v) is 5.52. The van der Waals surface area contributed by atoms with E-state index in [9.17, 15) is 9.90 Å². The Morgan fingerprint density at radius 1 is 1.17 bits per heavy atom. The van der Waals surface area contributed by atoms with Gasteiger partial charge < -0.3 is 10.4 Å². The van der Waals surface area contributed by atoms with Crippen molar-refractivity contribution in [1.82, 2.24) is 0 Å². The molecule has 1 aromatic rings. The maximum atomic E-state index is 11.5. The summed E-state index contributed by atoms with van der Waals surface area (Å²) in [5, 5.41) is 13.5. The van der Waals surface area contributed by atoms with Gasteiger partial charge in [0.2, 0.25) is 0 Å². The molecule has 0 radical (unpaired) electrons. The third kappa shape index (κ3) is 2.73. The van der Waals surface area contributed by atoms with Crippen LogP contribution >= 0.6 is 23.2 Å². The molecule has 1 aliphatic rings. The smallest absolute Gasteiger partial charge is 0.329 e. The number of carbonyl (C=O) groups is 1. The van der Waals surface area contributed by atoms with Crippen LogP contribution in [-0.2, 0) is 4.79 Å². The molecule has 1 fully saturated rings. The van der Waals surface area contributed by atoms with Crippen molar-refractivity contribution in [2.75, 3.05) is 5.32 Å². The van der Waals surface area contributed by atoms with Gasteiger partial charge in [-0.25, -0.2) is 4.79 Å². The summed E-state index contributed by atoms with van der Waals surface area (Å²) in [4.78, 5) is 11.5. The fourth-order valence-electron chi connectivity index (χ4n) is 2.40. The zero-order chi connectivity index (χ0) is 13.2. The Bertz CT molecular complexity index is 456. The third-order valence-electron chi connectivity index (χ3n) is 3.42. The quantitative estimate of drug-likeness (QED) is 0.876. The van der Waals surface area contributed by atoms with Crippen LogP contribution in [0.3, 0.4) is 0 Å². The average molecular weight is 288 g/mol. The van der Waals surface area contributed by atoms with Crippen LogP contribution in [0.25, 0.3) is 0 Å². The molecule has 0 aliphatic heterocycles. The van der Waals surface area contributed by atoms with Crippen molar-refractivity contribution in [3.63, 3.8) is 0 Å². The van der Waals surface area contributed by atoms with Crippen LogP contribution in [0.4, 0.5) is 5.69 Å². The molecular formula is C13H15Cl2NO2. The number of anilines is 1. The number of nitrogens with one attached hydrogen (secondary N) is 1. The fraction of sp³-hybridized carbons (Fsp3) is 0.462. The minimum Gasteiger partial charge on any atom is -0.480 e. The molecule has 3 nitrogen and oxygen atoms in total. The van der Waals surface area contributed by atoms with Crippen molar-refractivity contribution in [1.29, 1.82) is 0 Å². The van der Waals surface area contributed by atoms with E-state index in [4.69, 9.17) is 23.2 Å². The lowest BCUT2D eigenvalue weighted by molar-refractivity contribution is -0.143. The second kappa shape index (κ2) is 5.37. The van der Waals surface area contributed by atoms with E-state index in [-0.39, 0.29) is 0 Å². The summed E-state index contributed by atoms with van der Waals surface area (Å²) < 4.78 is 0.